The summed E-state index contributed by atoms with van der Waals surface area (Å²) in [6.45, 7) is 2.77. The van der Waals surface area contributed by atoms with E-state index in [1.165, 1.54) is 0 Å². The van der Waals surface area contributed by atoms with Crippen molar-refractivity contribution >= 4 is 6.03 Å². The Hall–Kier alpha value is -0.730. The Kier molecular flexibility index (Phi) is 1.60. The molecule has 2 amide bonds. The number of hydrogen-bond acceptors (Lipinski definition) is 1. The van der Waals surface area contributed by atoms with Crippen LogP contribution in [0.15, 0.2) is 0 Å². The summed E-state index contributed by atoms with van der Waals surface area (Å²) in [6, 6.07) is -0.227. The predicted molar refractivity (Wildman–Crippen MR) is 33.9 cm³/mol. The van der Waals surface area contributed by atoms with Gasteiger partial charge in [-0.25, -0.2) is 10.5 Å². The molecular formula is C6H11N2O. The first kappa shape index (κ1) is 6.39. The van der Waals surface area contributed by atoms with Gasteiger partial charge in [0.2, 0.25) is 0 Å². The molecule has 1 fully saturated rings. The molecule has 0 aromatic rings. The van der Waals surface area contributed by atoms with Gasteiger partial charge in [-0.1, -0.05) is 0 Å². The Labute approximate surface area is 54.8 Å². The lowest BCUT2D eigenvalue weighted by atomic mass is 10.2. The van der Waals surface area contributed by atoms with Crippen LogP contribution in [0.4, 0.5) is 4.79 Å². The van der Waals surface area contributed by atoms with E-state index in [9.17, 15) is 4.79 Å². The van der Waals surface area contributed by atoms with Crippen LogP contribution >= 0.6 is 0 Å². The maximum atomic E-state index is 10.4. The van der Waals surface area contributed by atoms with Crippen molar-refractivity contribution in [1.29, 1.82) is 0 Å². The van der Waals surface area contributed by atoms with Gasteiger partial charge in [0.05, 0.1) is 0 Å². The Morgan fingerprint density at radius 2 is 2.44 bits per heavy atom. The molecule has 9 heavy (non-hydrogen) atoms. The molecule has 0 spiro atoms. The van der Waals surface area contributed by atoms with Crippen LogP contribution < -0.4 is 5.73 Å². The molecule has 3 nitrogen and oxygen atoms in total. The van der Waals surface area contributed by atoms with Crippen molar-refractivity contribution in [2.45, 2.75) is 25.8 Å². The van der Waals surface area contributed by atoms with Crippen molar-refractivity contribution in [2.75, 3.05) is 6.54 Å². The third-order valence-corrected chi connectivity index (χ3v) is 1.81. The van der Waals surface area contributed by atoms with E-state index in [1.54, 1.807) is 4.90 Å². The number of hydrogen-bond donors (Lipinski definition) is 0. The summed E-state index contributed by atoms with van der Waals surface area (Å²) in [5, 5.41) is 0. The first-order valence-electron chi connectivity index (χ1n) is 3.24. The van der Waals surface area contributed by atoms with Gasteiger partial charge in [-0.15, -0.1) is 0 Å². The lowest BCUT2D eigenvalue weighted by Crippen LogP contribution is -2.32. The first-order chi connectivity index (χ1) is 4.22. The van der Waals surface area contributed by atoms with Crippen LogP contribution in [0.3, 0.4) is 0 Å². The van der Waals surface area contributed by atoms with Gasteiger partial charge in [0, 0.05) is 12.6 Å². The number of rotatable bonds is 0. The quantitative estimate of drug-likeness (QED) is 0.476. The van der Waals surface area contributed by atoms with Crippen LogP contribution in [0.5, 0.6) is 0 Å². The van der Waals surface area contributed by atoms with E-state index >= 15 is 0 Å². The zero-order valence-electron chi connectivity index (χ0n) is 5.55. The van der Waals surface area contributed by atoms with Crippen molar-refractivity contribution in [2.24, 2.45) is 0 Å². The highest BCUT2D eigenvalue weighted by atomic mass is 16.2. The van der Waals surface area contributed by atoms with Crippen LogP contribution in [0.2, 0.25) is 0 Å². The van der Waals surface area contributed by atoms with Gasteiger partial charge < -0.3 is 4.90 Å². The van der Waals surface area contributed by atoms with Gasteiger partial charge in [0.25, 0.3) is 0 Å². The molecule has 1 N–H and O–H groups in total. The molecule has 1 rings (SSSR count). The predicted octanol–water partition coefficient (Wildman–Crippen LogP) is 0.874. The number of amides is 2. The van der Waals surface area contributed by atoms with Gasteiger partial charge in [-0.05, 0) is 19.8 Å². The number of carbonyl (C=O) groups is 1. The van der Waals surface area contributed by atoms with Gasteiger partial charge >= 0.3 is 6.03 Å². The summed E-state index contributed by atoms with van der Waals surface area (Å²) in [6.07, 6.45) is 2.12. The van der Waals surface area contributed by atoms with Gasteiger partial charge in [-0.2, -0.15) is 0 Å². The molecular weight excluding hydrogens is 116 g/mol. The molecule has 1 aliphatic heterocycles. The lowest BCUT2D eigenvalue weighted by Gasteiger charge is -2.16. The van der Waals surface area contributed by atoms with Gasteiger partial charge in [-0.3, -0.25) is 0 Å². The van der Waals surface area contributed by atoms with Crippen molar-refractivity contribution in [3.63, 3.8) is 0 Å². The molecule has 51 valence electrons. The van der Waals surface area contributed by atoms with Crippen LogP contribution in [0.1, 0.15) is 19.8 Å². The highest BCUT2D eigenvalue weighted by molar-refractivity contribution is 5.71. The molecule has 0 aromatic heterocycles. The highest BCUT2D eigenvalue weighted by Crippen LogP contribution is 2.15. The van der Waals surface area contributed by atoms with Crippen LogP contribution in [-0.2, 0) is 0 Å². The second-order valence-electron chi connectivity index (χ2n) is 2.49. The summed E-state index contributed by atoms with van der Waals surface area (Å²) < 4.78 is 0. The zero-order valence-corrected chi connectivity index (χ0v) is 5.55. The molecule has 1 saturated heterocycles. The molecule has 1 radical (unpaired) electrons. The molecule has 1 aliphatic rings. The fraction of sp³-hybridized carbons (Fsp3) is 0.833. The third-order valence-electron chi connectivity index (χ3n) is 1.81. The second-order valence-corrected chi connectivity index (χ2v) is 2.49. The Bertz CT molecular complexity index is 124. The number of carbonyl (C=O) groups excluding carboxylic acids is 1. The van der Waals surface area contributed by atoms with E-state index in [1.807, 2.05) is 6.92 Å². The van der Waals surface area contributed by atoms with Gasteiger partial charge in [0.1, 0.15) is 0 Å². The average molecular weight is 127 g/mol. The number of nitrogens with zero attached hydrogens (tertiary/aromatic N) is 1. The van der Waals surface area contributed by atoms with E-state index < -0.39 is 6.03 Å². The first-order valence-corrected chi connectivity index (χ1v) is 3.24. The molecule has 0 bridgehead atoms. The highest BCUT2D eigenvalue weighted by Gasteiger charge is 2.22. The lowest BCUT2D eigenvalue weighted by molar-refractivity contribution is 0.204. The number of likely N-dealkylation sites (tertiary alicyclic amines) is 1. The molecule has 3 heteroatoms. The van der Waals surface area contributed by atoms with Crippen molar-refractivity contribution < 1.29 is 4.79 Å². The molecule has 1 atom stereocenters. The normalized spacial score (nSPS) is 26.8. The second kappa shape index (κ2) is 2.25. The maximum Gasteiger partial charge on any atom is 0.336 e. The fourth-order valence-corrected chi connectivity index (χ4v) is 1.23. The average Bonchev–Trinajstić information content (AvgIpc) is 2.13. The van der Waals surface area contributed by atoms with E-state index in [4.69, 9.17) is 5.73 Å². The maximum absolute atomic E-state index is 10.4. The smallest absolute Gasteiger partial charge is 0.321 e. The van der Waals surface area contributed by atoms with E-state index in [0.29, 0.717) is 6.04 Å². The van der Waals surface area contributed by atoms with E-state index in [0.717, 1.165) is 19.4 Å². The topological polar surface area (TPSA) is 44.1 Å². The summed E-state index contributed by atoms with van der Waals surface area (Å²) >= 11 is 0. The summed E-state index contributed by atoms with van der Waals surface area (Å²) in [5.41, 5.74) is 6.79. The van der Waals surface area contributed by atoms with E-state index in [2.05, 4.69) is 0 Å². The summed E-state index contributed by atoms with van der Waals surface area (Å²) in [7, 11) is 0. The fourth-order valence-electron chi connectivity index (χ4n) is 1.23. The van der Waals surface area contributed by atoms with Crippen molar-refractivity contribution in [3.8, 4) is 0 Å². The van der Waals surface area contributed by atoms with Crippen LogP contribution in [-0.4, -0.2) is 23.5 Å². The summed E-state index contributed by atoms with van der Waals surface area (Å²) in [4.78, 5) is 12.0. The standard InChI is InChI=1S/C6H11N2O/c1-5-3-2-4-8(5)6(7)9/h5,7H,2-4H2,1H3. The Morgan fingerprint density at radius 1 is 1.78 bits per heavy atom. The molecule has 1 unspecified atom stereocenters. The van der Waals surface area contributed by atoms with Crippen LogP contribution in [0.25, 0.3) is 0 Å². The SMILES string of the molecule is CC1CCCN1C([NH])=O. The monoisotopic (exact) mass is 127 g/mol. The van der Waals surface area contributed by atoms with Crippen LogP contribution in [0, 0.1) is 0 Å². The minimum atomic E-state index is -0.528. The summed E-state index contributed by atoms with van der Waals surface area (Å²) in [5.74, 6) is 0. The number of urea groups is 1. The molecule has 0 saturated carbocycles. The molecule has 1 heterocycles. The Balaban J connectivity index is 2.49. The zero-order chi connectivity index (χ0) is 6.85. The minimum absolute atomic E-state index is 0.301. The number of nitrogens with one attached hydrogen (secondary N) is 1. The van der Waals surface area contributed by atoms with Gasteiger partial charge in [0.15, 0.2) is 0 Å². The largest absolute Gasteiger partial charge is 0.336 e. The van der Waals surface area contributed by atoms with Crippen molar-refractivity contribution in [1.82, 2.24) is 10.6 Å². The third kappa shape index (κ3) is 1.15. The Morgan fingerprint density at radius 3 is 2.67 bits per heavy atom. The minimum Gasteiger partial charge on any atom is -0.321 e. The molecule has 0 aliphatic carbocycles. The molecule has 0 aromatic carbocycles. The van der Waals surface area contributed by atoms with Crippen molar-refractivity contribution in [3.05, 3.63) is 0 Å². The van der Waals surface area contributed by atoms with E-state index in [-0.39, 0.29) is 0 Å².